The molecular formula is C10H8BrNO3. The van der Waals surface area contributed by atoms with E-state index < -0.39 is 11.4 Å². The van der Waals surface area contributed by atoms with Crippen molar-refractivity contribution in [2.75, 3.05) is 0 Å². The van der Waals surface area contributed by atoms with Gasteiger partial charge in [0.1, 0.15) is 0 Å². The maximum absolute atomic E-state index is 11.4. The number of aromatic amines is 1. The van der Waals surface area contributed by atoms with Crippen molar-refractivity contribution in [3.8, 4) is 0 Å². The van der Waals surface area contributed by atoms with Crippen molar-refractivity contribution >= 4 is 26.8 Å². The summed E-state index contributed by atoms with van der Waals surface area (Å²) >= 11 is 3.30. The van der Waals surface area contributed by atoms with Crippen molar-refractivity contribution in [3.05, 3.63) is 43.1 Å². The molecular weight excluding hydrogens is 262 g/mol. The van der Waals surface area contributed by atoms with E-state index in [1.807, 2.05) is 13.0 Å². The first kappa shape index (κ1) is 10.2. The number of fused-ring (bicyclic) bond motifs is 1. The lowest BCUT2D eigenvalue weighted by Crippen LogP contribution is -2.15. The van der Waals surface area contributed by atoms with E-state index in [9.17, 15) is 9.59 Å². The molecule has 4 nitrogen and oxygen atoms in total. The predicted octanol–water partition coefficient (Wildman–Crippen LogP) is 1.81. The van der Waals surface area contributed by atoms with Crippen molar-refractivity contribution in [2.45, 2.75) is 13.3 Å². The standard InChI is InChI=1S/C10H8BrNO3/c1-2-5-3-6(11)4-7-8(5)12-10(14)15-9(7)13/h3-4H,2H2,1H3,(H,12,14). The number of aromatic nitrogens is 1. The Morgan fingerprint density at radius 2 is 2.13 bits per heavy atom. The van der Waals surface area contributed by atoms with E-state index in [1.165, 1.54) is 0 Å². The summed E-state index contributed by atoms with van der Waals surface area (Å²) in [5, 5.41) is 0.390. The van der Waals surface area contributed by atoms with Crippen molar-refractivity contribution in [1.82, 2.24) is 4.98 Å². The van der Waals surface area contributed by atoms with E-state index in [2.05, 4.69) is 25.3 Å². The van der Waals surface area contributed by atoms with Crippen molar-refractivity contribution < 1.29 is 4.42 Å². The van der Waals surface area contributed by atoms with Crippen LogP contribution in [0.15, 0.2) is 30.6 Å². The lowest BCUT2D eigenvalue weighted by atomic mass is 10.1. The predicted molar refractivity (Wildman–Crippen MR) is 60.2 cm³/mol. The fourth-order valence-corrected chi connectivity index (χ4v) is 2.02. The second kappa shape index (κ2) is 3.66. The average Bonchev–Trinajstić information content (AvgIpc) is 2.18. The largest absolute Gasteiger partial charge is 0.419 e. The molecule has 1 heterocycles. The van der Waals surface area contributed by atoms with E-state index in [0.29, 0.717) is 10.9 Å². The number of aryl methyl sites for hydroxylation is 1. The van der Waals surface area contributed by atoms with Crippen LogP contribution in [0.3, 0.4) is 0 Å². The lowest BCUT2D eigenvalue weighted by Gasteiger charge is -2.03. The number of hydrogen-bond donors (Lipinski definition) is 1. The van der Waals surface area contributed by atoms with E-state index in [0.717, 1.165) is 16.5 Å². The van der Waals surface area contributed by atoms with Crippen molar-refractivity contribution in [1.29, 1.82) is 0 Å². The molecule has 0 bridgehead atoms. The molecule has 0 unspecified atom stereocenters. The summed E-state index contributed by atoms with van der Waals surface area (Å²) in [6.45, 7) is 1.95. The van der Waals surface area contributed by atoms with Crippen LogP contribution in [0.2, 0.25) is 0 Å². The first-order valence-electron chi connectivity index (χ1n) is 4.47. The van der Waals surface area contributed by atoms with Gasteiger partial charge in [-0.1, -0.05) is 22.9 Å². The van der Waals surface area contributed by atoms with Gasteiger partial charge in [-0.3, -0.25) is 4.98 Å². The molecule has 5 heteroatoms. The number of benzene rings is 1. The molecule has 0 saturated carbocycles. The monoisotopic (exact) mass is 269 g/mol. The molecule has 2 aromatic rings. The highest BCUT2D eigenvalue weighted by Crippen LogP contribution is 2.20. The molecule has 0 amide bonds. The minimum Gasteiger partial charge on any atom is -0.372 e. The van der Waals surface area contributed by atoms with E-state index in [1.54, 1.807) is 6.07 Å². The van der Waals surface area contributed by atoms with Gasteiger partial charge in [0.25, 0.3) is 0 Å². The third-order valence-electron chi connectivity index (χ3n) is 2.20. The third kappa shape index (κ3) is 1.74. The highest BCUT2D eigenvalue weighted by atomic mass is 79.9. The van der Waals surface area contributed by atoms with Crippen LogP contribution in [-0.4, -0.2) is 4.98 Å². The molecule has 0 aliphatic carbocycles. The molecule has 0 saturated heterocycles. The van der Waals surface area contributed by atoms with Crippen LogP contribution in [0.1, 0.15) is 12.5 Å². The first-order valence-corrected chi connectivity index (χ1v) is 5.26. The molecule has 0 atom stereocenters. The lowest BCUT2D eigenvalue weighted by molar-refractivity contribution is 0.460. The molecule has 1 aromatic carbocycles. The summed E-state index contributed by atoms with van der Waals surface area (Å²) in [7, 11) is 0. The summed E-state index contributed by atoms with van der Waals surface area (Å²) in [5.74, 6) is -0.718. The second-order valence-electron chi connectivity index (χ2n) is 3.14. The van der Waals surface area contributed by atoms with Gasteiger partial charge < -0.3 is 4.42 Å². The Kier molecular flexibility index (Phi) is 2.48. The van der Waals surface area contributed by atoms with Crippen molar-refractivity contribution in [2.24, 2.45) is 0 Å². The Morgan fingerprint density at radius 1 is 1.40 bits per heavy atom. The summed E-state index contributed by atoms with van der Waals surface area (Å²) in [5.41, 5.74) is 0.857. The van der Waals surface area contributed by atoms with Crippen LogP contribution in [0.25, 0.3) is 10.9 Å². The van der Waals surface area contributed by atoms with Gasteiger partial charge in [0.05, 0.1) is 10.9 Å². The fraction of sp³-hybridized carbons (Fsp3) is 0.200. The average molecular weight is 270 g/mol. The number of H-pyrrole nitrogens is 1. The Morgan fingerprint density at radius 3 is 2.80 bits per heavy atom. The second-order valence-corrected chi connectivity index (χ2v) is 4.06. The maximum Gasteiger partial charge on any atom is 0.419 e. The Balaban J connectivity index is 3.03. The molecule has 0 fully saturated rings. The van der Waals surface area contributed by atoms with Crippen LogP contribution in [0, 0.1) is 0 Å². The van der Waals surface area contributed by atoms with Gasteiger partial charge in [0, 0.05) is 4.47 Å². The van der Waals surface area contributed by atoms with Gasteiger partial charge in [0.15, 0.2) is 0 Å². The first-order chi connectivity index (χ1) is 7.11. The molecule has 1 aromatic heterocycles. The molecule has 0 aliphatic rings. The SMILES string of the molecule is CCc1cc(Br)cc2c(=O)oc(=O)[nH]c12. The molecule has 0 radical (unpaired) electrons. The zero-order valence-electron chi connectivity index (χ0n) is 7.96. The number of halogens is 1. The molecule has 78 valence electrons. The molecule has 2 rings (SSSR count). The number of hydrogen-bond acceptors (Lipinski definition) is 3. The number of rotatable bonds is 1. The van der Waals surface area contributed by atoms with Crippen molar-refractivity contribution in [3.63, 3.8) is 0 Å². The molecule has 0 spiro atoms. The smallest absolute Gasteiger partial charge is 0.372 e. The third-order valence-corrected chi connectivity index (χ3v) is 2.66. The zero-order valence-corrected chi connectivity index (χ0v) is 9.55. The Hall–Kier alpha value is -1.36. The van der Waals surface area contributed by atoms with Gasteiger partial charge in [0.2, 0.25) is 0 Å². The van der Waals surface area contributed by atoms with E-state index in [4.69, 9.17) is 0 Å². The topological polar surface area (TPSA) is 63.1 Å². The van der Waals surface area contributed by atoms with Crippen LogP contribution in [-0.2, 0) is 6.42 Å². The normalized spacial score (nSPS) is 10.8. The van der Waals surface area contributed by atoms with Gasteiger partial charge in [-0.05, 0) is 24.1 Å². The quantitative estimate of drug-likeness (QED) is 0.859. The van der Waals surface area contributed by atoms with Crippen LogP contribution >= 0.6 is 15.9 Å². The van der Waals surface area contributed by atoms with E-state index in [-0.39, 0.29) is 0 Å². The number of nitrogens with one attached hydrogen (secondary N) is 1. The summed E-state index contributed by atoms with van der Waals surface area (Å²) < 4.78 is 5.25. The van der Waals surface area contributed by atoms with Crippen LogP contribution in [0.4, 0.5) is 0 Å². The molecule has 0 aliphatic heterocycles. The Bertz CT molecular complexity index is 627. The van der Waals surface area contributed by atoms with Gasteiger partial charge in [-0.25, -0.2) is 9.59 Å². The fourth-order valence-electron chi connectivity index (χ4n) is 1.52. The summed E-state index contributed by atoms with van der Waals surface area (Å²) in [4.78, 5) is 25.0. The minimum absolute atomic E-state index is 0.390. The van der Waals surface area contributed by atoms with Gasteiger partial charge >= 0.3 is 11.4 Å². The van der Waals surface area contributed by atoms with Gasteiger partial charge in [-0.15, -0.1) is 0 Å². The van der Waals surface area contributed by atoms with E-state index >= 15 is 0 Å². The maximum atomic E-state index is 11.4. The summed E-state index contributed by atoms with van der Waals surface area (Å²) in [6, 6.07) is 3.51. The Labute approximate surface area is 93.1 Å². The van der Waals surface area contributed by atoms with Gasteiger partial charge in [-0.2, -0.15) is 0 Å². The van der Waals surface area contributed by atoms with Crippen LogP contribution in [0.5, 0.6) is 0 Å². The minimum atomic E-state index is -0.718. The highest BCUT2D eigenvalue weighted by Gasteiger charge is 2.07. The summed E-state index contributed by atoms with van der Waals surface area (Å²) in [6.07, 6.45) is 0.731. The molecule has 15 heavy (non-hydrogen) atoms. The molecule has 1 N–H and O–H groups in total. The highest BCUT2D eigenvalue weighted by molar-refractivity contribution is 9.10. The zero-order chi connectivity index (χ0) is 11.0. The van der Waals surface area contributed by atoms with Crippen LogP contribution < -0.4 is 11.4 Å².